The monoisotopic (exact) mass is 416 g/mol. The van der Waals surface area contributed by atoms with Crippen molar-refractivity contribution in [2.24, 2.45) is 0 Å². The molecule has 1 aromatic heterocycles. The van der Waals surface area contributed by atoms with Crippen LogP contribution in [0.5, 0.6) is 11.5 Å². The van der Waals surface area contributed by atoms with Crippen LogP contribution in [0.3, 0.4) is 0 Å². The number of anilines is 1. The molecule has 1 heterocycles. The van der Waals surface area contributed by atoms with Crippen molar-refractivity contribution < 1.29 is 13.6 Å². The van der Waals surface area contributed by atoms with Crippen LogP contribution in [0.4, 0.5) is 5.69 Å². The molecule has 150 valence electrons. The lowest BCUT2D eigenvalue weighted by Crippen LogP contribution is -2.19. The predicted octanol–water partition coefficient (Wildman–Crippen LogP) is 6.54. The first-order chi connectivity index (χ1) is 14.7. The molecule has 0 saturated heterocycles. The molecule has 0 aliphatic rings. The summed E-state index contributed by atoms with van der Waals surface area (Å²) in [5.41, 5.74) is 1.33. The van der Waals surface area contributed by atoms with Crippen LogP contribution >= 0.6 is 7.60 Å². The Morgan fingerprint density at radius 1 is 0.667 bits per heavy atom. The topological polar surface area (TPSA) is 60.5 Å². The minimum Gasteiger partial charge on any atom is -0.414 e. The molecule has 0 aliphatic carbocycles. The Morgan fingerprint density at radius 2 is 1.17 bits per heavy atom. The van der Waals surface area contributed by atoms with E-state index in [-0.39, 0.29) is 0 Å². The average Bonchev–Trinajstić information content (AvgIpc) is 2.80. The van der Waals surface area contributed by atoms with Gasteiger partial charge in [-0.1, -0.05) is 60.7 Å². The van der Waals surface area contributed by atoms with E-state index in [1.165, 1.54) is 0 Å². The van der Waals surface area contributed by atoms with Crippen LogP contribution in [0.25, 0.3) is 0 Å². The quantitative estimate of drug-likeness (QED) is 0.330. The predicted molar refractivity (Wildman–Crippen MR) is 119 cm³/mol. The first-order valence-corrected chi connectivity index (χ1v) is 11.2. The summed E-state index contributed by atoms with van der Waals surface area (Å²) in [6, 6.07) is 33.0. The van der Waals surface area contributed by atoms with E-state index in [9.17, 15) is 4.57 Å². The second kappa shape index (κ2) is 9.29. The van der Waals surface area contributed by atoms with E-state index in [1.54, 1.807) is 36.5 Å². The Kier molecular flexibility index (Phi) is 6.11. The number of hydrogen-bond acceptors (Lipinski definition) is 5. The molecule has 1 N–H and O–H groups in total. The molecule has 3 aromatic carbocycles. The van der Waals surface area contributed by atoms with Gasteiger partial charge < -0.3 is 14.4 Å². The Labute approximate surface area is 175 Å². The molecule has 0 unspecified atom stereocenters. The average molecular weight is 416 g/mol. The lowest BCUT2D eigenvalue weighted by Gasteiger charge is -2.28. The summed E-state index contributed by atoms with van der Waals surface area (Å²) in [5.74, 6) is 0.0710. The number of para-hydroxylation sites is 3. The molecule has 0 bridgehead atoms. The second-order valence-electron chi connectivity index (χ2n) is 6.52. The van der Waals surface area contributed by atoms with E-state index in [0.29, 0.717) is 17.2 Å². The minimum absolute atomic E-state index is 0.451. The summed E-state index contributed by atoms with van der Waals surface area (Å²) in [7, 11) is -3.83. The summed E-state index contributed by atoms with van der Waals surface area (Å²) in [6.45, 7) is 0. The number of benzene rings is 3. The van der Waals surface area contributed by atoms with Crippen LogP contribution in [0.2, 0.25) is 0 Å². The highest BCUT2D eigenvalue weighted by Crippen LogP contribution is 2.59. The van der Waals surface area contributed by atoms with Gasteiger partial charge in [-0.3, -0.25) is 4.98 Å². The number of pyridine rings is 1. The van der Waals surface area contributed by atoms with E-state index in [4.69, 9.17) is 9.05 Å². The Morgan fingerprint density at radius 3 is 1.67 bits per heavy atom. The molecule has 0 spiro atoms. The standard InChI is InChI=1S/C24H21N2O3P/c27-30(28-21-14-6-2-7-15-21,29-22-16-8-3-9-17-22)24(23-18-10-11-19-25-23)26-20-12-4-1-5-13-20/h1-19,24,26H/t24-/m0/s1. The second-order valence-corrected chi connectivity index (χ2v) is 8.48. The maximum absolute atomic E-state index is 14.3. The third-order valence-electron chi connectivity index (χ3n) is 4.31. The van der Waals surface area contributed by atoms with Gasteiger partial charge in [0.15, 0.2) is 5.78 Å². The van der Waals surface area contributed by atoms with Crippen LogP contribution in [0.1, 0.15) is 11.5 Å². The largest absolute Gasteiger partial charge is 0.459 e. The lowest BCUT2D eigenvalue weighted by molar-refractivity contribution is 0.375. The van der Waals surface area contributed by atoms with Crippen molar-refractivity contribution in [1.82, 2.24) is 4.98 Å². The molecule has 0 radical (unpaired) electrons. The fourth-order valence-electron chi connectivity index (χ4n) is 2.93. The zero-order chi connectivity index (χ0) is 20.7. The number of rotatable bonds is 8. The van der Waals surface area contributed by atoms with Crippen LogP contribution in [0.15, 0.2) is 115 Å². The molecule has 4 aromatic rings. The SMILES string of the molecule is O=P(Oc1ccccc1)(Oc1ccccc1)[C@H](Nc1ccccc1)c1ccccn1. The van der Waals surface area contributed by atoms with E-state index >= 15 is 0 Å². The number of aromatic nitrogens is 1. The van der Waals surface area contributed by atoms with Crippen molar-refractivity contribution in [3.63, 3.8) is 0 Å². The summed E-state index contributed by atoms with van der Waals surface area (Å²) >= 11 is 0. The van der Waals surface area contributed by atoms with Crippen LogP contribution in [-0.4, -0.2) is 4.98 Å². The number of nitrogens with zero attached hydrogens (tertiary/aromatic N) is 1. The van der Waals surface area contributed by atoms with Gasteiger partial charge in [-0.25, -0.2) is 4.57 Å². The fraction of sp³-hybridized carbons (Fsp3) is 0.0417. The van der Waals surface area contributed by atoms with Crippen molar-refractivity contribution in [2.45, 2.75) is 5.78 Å². The molecular formula is C24H21N2O3P. The molecule has 0 aliphatic heterocycles. The van der Waals surface area contributed by atoms with Crippen molar-refractivity contribution in [2.75, 3.05) is 5.32 Å². The van der Waals surface area contributed by atoms with Gasteiger partial charge in [-0.2, -0.15) is 0 Å². The van der Waals surface area contributed by atoms with E-state index in [1.807, 2.05) is 78.9 Å². The van der Waals surface area contributed by atoms with Gasteiger partial charge in [0.25, 0.3) is 0 Å². The lowest BCUT2D eigenvalue weighted by atomic mass is 10.3. The Balaban J connectivity index is 1.78. The van der Waals surface area contributed by atoms with Crippen molar-refractivity contribution >= 4 is 13.3 Å². The first kappa shape index (κ1) is 19.7. The highest BCUT2D eigenvalue weighted by Gasteiger charge is 2.42. The third kappa shape index (κ3) is 4.88. The number of nitrogens with one attached hydrogen (secondary N) is 1. The fourth-order valence-corrected chi connectivity index (χ4v) is 4.79. The Hall–Kier alpha value is -3.56. The van der Waals surface area contributed by atoms with Crippen LogP contribution < -0.4 is 14.4 Å². The summed E-state index contributed by atoms with van der Waals surface area (Å²) in [6.07, 6.45) is 1.66. The van der Waals surface area contributed by atoms with Crippen LogP contribution in [-0.2, 0) is 4.57 Å². The molecule has 1 atom stereocenters. The zero-order valence-corrected chi connectivity index (χ0v) is 17.1. The number of hydrogen-bond donors (Lipinski definition) is 1. The van der Waals surface area contributed by atoms with Crippen molar-refractivity contribution in [3.8, 4) is 11.5 Å². The highest BCUT2D eigenvalue weighted by molar-refractivity contribution is 7.55. The van der Waals surface area contributed by atoms with Crippen molar-refractivity contribution in [1.29, 1.82) is 0 Å². The minimum atomic E-state index is -3.83. The molecule has 6 heteroatoms. The molecule has 0 saturated carbocycles. The third-order valence-corrected chi connectivity index (χ3v) is 6.27. The molecule has 0 fully saturated rings. The van der Waals surface area contributed by atoms with Gasteiger partial charge in [0.1, 0.15) is 11.5 Å². The van der Waals surface area contributed by atoms with E-state index in [2.05, 4.69) is 10.3 Å². The van der Waals surface area contributed by atoms with Crippen molar-refractivity contribution in [3.05, 3.63) is 121 Å². The maximum Gasteiger partial charge on any atom is 0.459 e. The molecule has 5 nitrogen and oxygen atoms in total. The van der Waals surface area contributed by atoms with Crippen LogP contribution in [0, 0.1) is 0 Å². The van der Waals surface area contributed by atoms with E-state index in [0.717, 1.165) is 5.69 Å². The molecular weight excluding hydrogens is 395 g/mol. The maximum atomic E-state index is 14.3. The molecule has 30 heavy (non-hydrogen) atoms. The first-order valence-electron chi connectivity index (χ1n) is 9.54. The summed E-state index contributed by atoms with van der Waals surface area (Å²) in [4.78, 5) is 4.43. The van der Waals surface area contributed by atoms with Gasteiger partial charge >= 0.3 is 7.60 Å². The zero-order valence-electron chi connectivity index (χ0n) is 16.2. The normalized spacial score (nSPS) is 12.0. The molecule has 4 rings (SSSR count). The van der Waals surface area contributed by atoms with Gasteiger partial charge in [0.2, 0.25) is 0 Å². The van der Waals surface area contributed by atoms with Gasteiger partial charge in [-0.15, -0.1) is 0 Å². The van der Waals surface area contributed by atoms with Gasteiger partial charge in [0.05, 0.1) is 5.69 Å². The Bertz CT molecular complexity index is 1050. The summed E-state index contributed by atoms with van der Waals surface area (Å²) < 4.78 is 26.4. The smallest absolute Gasteiger partial charge is 0.414 e. The summed E-state index contributed by atoms with van der Waals surface area (Å²) in [5, 5.41) is 3.30. The van der Waals surface area contributed by atoms with Gasteiger partial charge in [0, 0.05) is 11.9 Å². The highest BCUT2D eigenvalue weighted by atomic mass is 31.2. The van der Waals surface area contributed by atoms with E-state index < -0.39 is 13.4 Å². The van der Waals surface area contributed by atoms with Gasteiger partial charge in [-0.05, 0) is 48.5 Å². The molecule has 0 amide bonds.